The number of allylic oxidation sites excluding steroid dienone is 1. The Labute approximate surface area is 192 Å². The number of hydrogen-bond acceptors (Lipinski definition) is 4. The summed E-state index contributed by atoms with van der Waals surface area (Å²) in [5.74, 6) is 0.766. The predicted octanol–water partition coefficient (Wildman–Crippen LogP) is 4.22. The third kappa shape index (κ3) is 3.59. The standard InChI is InChI=1S/C27H26N4O2/c1-16-15-31(27(33)22-8-11-29-26-21(22)7-10-28-26)12-9-19(16)23-13-18(14-25(32)17-5-6-17)30-24-4-2-3-20(23)24/h2-3,7-11,13,16-17H,4-6,12,14-15H2,1H3,(H,28,29). The number of aromatic nitrogens is 3. The van der Waals surface area contributed by atoms with Crippen molar-refractivity contribution in [3.63, 3.8) is 0 Å². The van der Waals surface area contributed by atoms with Crippen molar-refractivity contribution in [2.75, 3.05) is 13.1 Å². The molecule has 1 fully saturated rings. The summed E-state index contributed by atoms with van der Waals surface area (Å²) in [6.07, 6.45) is 13.2. The van der Waals surface area contributed by atoms with E-state index in [-0.39, 0.29) is 17.7 Å². The highest BCUT2D eigenvalue weighted by molar-refractivity contribution is 6.05. The zero-order valence-corrected chi connectivity index (χ0v) is 18.7. The van der Waals surface area contributed by atoms with Crippen LogP contribution in [0.5, 0.6) is 0 Å². The van der Waals surface area contributed by atoms with Crippen LogP contribution in [0.15, 0.2) is 42.7 Å². The minimum atomic E-state index is 0.0275. The lowest BCUT2D eigenvalue weighted by molar-refractivity contribution is -0.119. The first-order valence-electron chi connectivity index (χ1n) is 11.7. The van der Waals surface area contributed by atoms with E-state index in [1.165, 1.54) is 16.7 Å². The fourth-order valence-electron chi connectivity index (χ4n) is 5.13. The van der Waals surface area contributed by atoms with Gasteiger partial charge in [0, 0.05) is 60.9 Å². The van der Waals surface area contributed by atoms with Gasteiger partial charge in [-0.1, -0.05) is 25.2 Å². The highest BCUT2D eigenvalue weighted by atomic mass is 16.2. The molecular weight excluding hydrogens is 412 g/mol. The number of ketones is 1. The maximum Gasteiger partial charge on any atom is 0.254 e. The summed E-state index contributed by atoms with van der Waals surface area (Å²) in [5, 5.41) is 0.854. The maximum atomic E-state index is 13.3. The van der Waals surface area contributed by atoms with Gasteiger partial charge in [-0.15, -0.1) is 0 Å². The molecule has 0 bridgehead atoms. The zero-order chi connectivity index (χ0) is 22.5. The van der Waals surface area contributed by atoms with Crippen molar-refractivity contribution in [2.24, 2.45) is 11.8 Å². The lowest BCUT2D eigenvalue weighted by atomic mass is 9.87. The molecule has 1 unspecified atom stereocenters. The van der Waals surface area contributed by atoms with Crippen LogP contribution < -0.4 is 0 Å². The highest BCUT2D eigenvalue weighted by Gasteiger charge is 2.31. The van der Waals surface area contributed by atoms with Crippen molar-refractivity contribution in [3.8, 4) is 0 Å². The third-order valence-corrected chi connectivity index (χ3v) is 7.02. The number of Topliss-reactive ketones (excluding diaryl/α,β-unsaturated/α-hetero) is 1. The number of nitrogens with one attached hydrogen (secondary N) is 1. The van der Waals surface area contributed by atoms with Gasteiger partial charge in [0.2, 0.25) is 0 Å². The van der Waals surface area contributed by atoms with Gasteiger partial charge in [-0.05, 0) is 48.1 Å². The Kier molecular flexibility index (Phi) is 4.75. The SMILES string of the molecule is CC1CN(C(=O)c2ccnc3[nH]ccc23)CC=C1c1cc(CC(=O)C2CC2)nc2c1C=CC2. The number of H-pyrrole nitrogens is 1. The van der Waals surface area contributed by atoms with Crippen molar-refractivity contribution in [2.45, 2.75) is 32.6 Å². The van der Waals surface area contributed by atoms with E-state index in [1.54, 1.807) is 12.3 Å². The highest BCUT2D eigenvalue weighted by Crippen LogP contribution is 2.36. The number of aromatic amines is 1. The molecular formula is C27H26N4O2. The van der Waals surface area contributed by atoms with E-state index in [1.807, 2.05) is 17.2 Å². The molecule has 4 heterocycles. The predicted molar refractivity (Wildman–Crippen MR) is 128 cm³/mol. The molecule has 3 aromatic rings. The smallest absolute Gasteiger partial charge is 0.254 e. The first-order chi connectivity index (χ1) is 16.1. The lowest BCUT2D eigenvalue weighted by Crippen LogP contribution is -2.38. The number of hydrogen-bond donors (Lipinski definition) is 1. The Morgan fingerprint density at radius 3 is 2.94 bits per heavy atom. The molecule has 1 atom stereocenters. The van der Waals surface area contributed by atoms with Crippen molar-refractivity contribution >= 4 is 34.4 Å². The van der Waals surface area contributed by atoms with Crippen LogP contribution in [0.3, 0.4) is 0 Å². The number of amides is 1. The molecule has 1 aliphatic heterocycles. The first kappa shape index (κ1) is 20.1. The fourth-order valence-corrected chi connectivity index (χ4v) is 5.13. The van der Waals surface area contributed by atoms with Crippen molar-refractivity contribution in [1.29, 1.82) is 0 Å². The second-order valence-electron chi connectivity index (χ2n) is 9.41. The van der Waals surface area contributed by atoms with Gasteiger partial charge in [-0.3, -0.25) is 14.6 Å². The second-order valence-corrected chi connectivity index (χ2v) is 9.41. The molecule has 33 heavy (non-hydrogen) atoms. The van der Waals surface area contributed by atoms with Crippen LogP contribution >= 0.6 is 0 Å². The normalized spacial score (nSPS) is 19.6. The number of pyridine rings is 2. The molecule has 0 saturated heterocycles. The number of rotatable bonds is 5. The van der Waals surface area contributed by atoms with Crippen LogP contribution in [0.4, 0.5) is 0 Å². The van der Waals surface area contributed by atoms with Crippen LogP contribution in [0.1, 0.15) is 52.6 Å². The molecule has 1 amide bonds. The van der Waals surface area contributed by atoms with E-state index in [9.17, 15) is 9.59 Å². The topological polar surface area (TPSA) is 79.0 Å². The summed E-state index contributed by atoms with van der Waals surface area (Å²) in [6.45, 7) is 3.38. The van der Waals surface area contributed by atoms with Gasteiger partial charge < -0.3 is 9.88 Å². The van der Waals surface area contributed by atoms with E-state index in [0.717, 1.165) is 41.7 Å². The molecule has 6 rings (SSSR count). The van der Waals surface area contributed by atoms with Gasteiger partial charge in [-0.2, -0.15) is 0 Å². The summed E-state index contributed by atoms with van der Waals surface area (Å²) in [7, 11) is 0. The summed E-state index contributed by atoms with van der Waals surface area (Å²) in [4.78, 5) is 39.9. The monoisotopic (exact) mass is 438 g/mol. The molecule has 166 valence electrons. The van der Waals surface area contributed by atoms with Crippen molar-refractivity contribution < 1.29 is 9.59 Å². The van der Waals surface area contributed by atoms with E-state index < -0.39 is 0 Å². The maximum absolute atomic E-state index is 13.3. The molecule has 1 saturated carbocycles. The minimum absolute atomic E-state index is 0.0275. The Morgan fingerprint density at radius 2 is 2.12 bits per heavy atom. The number of fused-ring (bicyclic) bond motifs is 2. The number of carbonyl (C=O) groups excluding carboxylic acids is 2. The molecule has 0 aromatic carbocycles. The molecule has 6 nitrogen and oxygen atoms in total. The van der Waals surface area contributed by atoms with Crippen LogP contribution in [-0.2, 0) is 17.6 Å². The van der Waals surface area contributed by atoms with E-state index in [2.05, 4.69) is 41.2 Å². The summed E-state index contributed by atoms with van der Waals surface area (Å²) >= 11 is 0. The second kappa shape index (κ2) is 7.80. The third-order valence-electron chi connectivity index (χ3n) is 7.02. The largest absolute Gasteiger partial charge is 0.346 e. The molecule has 0 spiro atoms. The molecule has 1 N–H and O–H groups in total. The van der Waals surface area contributed by atoms with Gasteiger partial charge in [0.1, 0.15) is 11.4 Å². The Morgan fingerprint density at radius 1 is 1.24 bits per heavy atom. The van der Waals surface area contributed by atoms with Gasteiger partial charge in [-0.25, -0.2) is 4.98 Å². The summed E-state index contributed by atoms with van der Waals surface area (Å²) in [6, 6.07) is 5.81. The first-order valence-corrected chi connectivity index (χ1v) is 11.7. The molecule has 6 heteroatoms. The van der Waals surface area contributed by atoms with Crippen LogP contribution in [-0.4, -0.2) is 44.6 Å². The average Bonchev–Trinajstić information content (AvgIpc) is 3.37. The molecule has 2 aliphatic carbocycles. The quantitative estimate of drug-likeness (QED) is 0.647. The van der Waals surface area contributed by atoms with E-state index >= 15 is 0 Å². The molecule has 3 aliphatic rings. The van der Waals surface area contributed by atoms with Crippen molar-refractivity contribution in [1.82, 2.24) is 19.9 Å². The van der Waals surface area contributed by atoms with Crippen molar-refractivity contribution in [3.05, 3.63) is 70.8 Å². The summed E-state index contributed by atoms with van der Waals surface area (Å²) < 4.78 is 0. The van der Waals surface area contributed by atoms with Gasteiger partial charge >= 0.3 is 0 Å². The van der Waals surface area contributed by atoms with Gasteiger partial charge in [0.15, 0.2) is 0 Å². The Bertz CT molecular complexity index is 1350. The van der Waals surface area contributed by atoms with Gasteiger partial charge in [0.25, 0.3) is 5.91 Å². The van der Waals surface area contributed by atoms with Gasteiger partial charge in [0.05, 0.1) is 11.3 Å². The van der Waals surface area contributed by atoms with E-state index in [0.29, 0.717) is 30.9 Å². The Balaban J connectivity index is 1.30. The zero-order valence-electron chi connectivity index (χ0n) is 18.7. The Hall–Kier alpha value is -3.54. The lowest BCUT2D eigenvalue weighted by Gasteiger charge is -2.32. The fraction of sp³-hybridized carbons (Fsp3) is 0.333. The van der Waals surface area contributed by atoms with E-state index in [4.69, 9.17) is 4.98 Å². The number of carbonyl (C=O) groups is 2. The van der Waals surface area contributed by atoms with Crippen LogP contribution in [0, 0.1) is 11.8 Å². The number of nitrogens with zero attached hydrogens (tertiary/aromatic N) is 3. The van der Waals surface area contributed by atoms with Crippen LogP contribution in [0.25, 0.3) is 22.7 Å². The molecule has 0 radical (unpaired) electrons. The van der Waals surface area contributed by atoms with Crippen LogP contribution in [0.2, 0.25) is 0 Å². The average molecular weight is 439 g/mol. The summed E-state index contributed by atoms with van der Waals surface area (Å²) in [5.41, 5.74) is 6.92. The minimum Gasteiger partial charge on any atom is -0.346 e. The molecule has 3 aromatic heterocycles.